The molecule has 13 heavy (non-hydrogen) atoms. The summed E-state index contributed by atoms with van der Waals surface area (Å²) in [6.07, 6.45) is 0. The lowest BCUT2D eigenvalue weighted by molar-refractivity contribution is -0.121. The Hall–Kier alpha value is -0.310. The van der Waals surface area contributed by atoms with E-state index in [1.54, 1.807) is 0 Å². The van der Waals surface area contributed by atoms with Crippen LogP contribution in [0.4, 0.5) is 0 Å². The predicted octanol–water partition coefficient (Wildman–Crippen LogP) is -1.75. The summed E-state index contributed by atoms with van der Waals surface area (Å²) in [5.41, 5.74) is 5.27. The summed E-state index contributed by atoms with van der Waals surface area (Å²) < 4.78 is 28.7. The van der Waals surface area contributed by atoms with Crippen LogP contribution in [0.25, 0.3) is 0 Å². The SMILES string of the molecule is NC(CS)C(=O)NCCS(=O)(=O)O. The maximum absolute atomic E-state index is 10.9. The lowest BCUT2D eigenvalue weighted by Gasteiger charge is -2.08. The molecule has 0 saturated carbocycles. The molecule has 0 bridgehead atoms. The van der Waals surface area contributed by atoms with E-state index in [1.807, 2.05) is 0 Å². The van der Waals surface area contributed by atoms with Gasteiger partial charge in [-0.25, -0.2) is 0 Å². The summed E-state index contributed by atoms with van der Waals surface area (Å²) >= 11 is 3.78. The van der Waals surface area contributed by atoms with Gasteiger partial charge in [-0.2, -0.15) is 21.0 Å². The molecule has 0 rings (SSSR count). The van der Waals surface area contributed by atoms with Gasteiger partial charge in [0.2, 0.25) is 5.91 Å². The van der Waals surface area contributed by atoms with Gasteiger partial charge in [-0.3, -0.25) is 9.35 Å². The molecule has 1 unspecified atom stereocenters. The Labute approximate surface area is 82.0 Å². The van der Waals surface area contributed by atoms with Crippen LogP contribution in [0.5, 0.6) is 0 Å². The highest BCUT2D eigenvalue weighted by Gasteiger charge is 2.11. The number of nitrogens with two attached hydrogens (primary N) is 1. The molecule has 0 heterocycles. The van der Waals surface area contributed by atoms with Crippen LogP contribution in [-0.4, -0.2) is 43.0 Å². The molecular formula is C5H12N2O4S2. The summed E-state index contributed by atoms with van der Waals surface area (Å²) in [5, 5.41) is 2.24. The lowest BCUT2D eigenvalue weighted by atomic mass is 10.3. The number of carbonyl (C=O) groups excluding carboxylic acids is 1. The van der Waals surface area contributed by atoms with Gasteiger partial charge in [0.25, 0.3) is 10.1 Å². The van der Waals surface area contributed by atoms with Gasteiger partial charge in [0, 0.05) is 12.3 Å². The third-order valence-electron chi connectivity index (χ3n) is 1.19. The average Bonchev–Trinajstić information content (AvgIpc) is 2.00. The molecular weight excluding hydrogens is 216 g/mol. The molecule has 0 aromatic heterocycles. The molecule has 4 N–H and O–H groups in total. The zero-order chi connectivity index (χ0) is 10.5. The van der Waals surface area contributed by atoms with Gasteiger partial charge in [0.05, 0.1) is 11.8 Å². The first-order valence-electron chi connectivity index (χ1n) is 3.46. The van der Waals surface area contributed by atoms with Crippen LogP contribution < -0.4 is 11.1 Å². The van der Waals surface area contributed by atoms with E-state index >= 15 is 0 Å². The predicted molar refractivity (Wildman–Crippen MR) is 51.3 cm³/mol. The van der Waals surface area contributed by atoms with E-state index < -0.39 is 27.8 Å². The zero-order valence-corrected chi connectivity index (χ0v) is 8.51. The number of amides is 1. The molecule has 0 aliphatic carbocycles. The van der Waals surface area contributed by atoms with E-state index in [-0.39, 0.29) is 12.3 Å². The topological polar surface area (TPSA) is 109 Å². The van der Waals surface area contributed by atoms with Crippen LogP contribution in [-0.2, 0) is 14.9 Å². The highest BCUT2D eigenvalue weighted by Crippen LogP contribution is 1.84. The summed E-state index contributed by atoms with van der Waals surface area (Å²) in [7, 11) is -4.03. The van der Waals surface area contributed by atoms with Gasteiger partial charge >= 0.3 is 0 Å². The second kappa shape index (κ2) is 5.43. The third kappa shape index (κ3) is 6.82. The Balaban J connectivity index is 3.72. The van der Waals surface area contributed by atoms with Crippen LogP contribution in [0.3, 0.4) is 0 Å². The van der Waals surface area contributed by atoms with E-state index in [0.717, 1.165) is 0 Å². The van der Waals surface area contributed by atoms with Gasteiger partial charge in [0.15, 0.2) is 0 Å². The highest BCUT2D eigenvalue weighted by molar-refractivity contribution is 7.85. The van der Waals surface area contributed by atoms with E-state index in [2.05, 4.69) is 17.9 Å². The Morgan fingerprint density at radius 2 is 2.15 bits per heavy atom. The summed E-state index contributed by atoms with van der Waals surface area (Å²) in [5.74, 6) is -0.825. The number of hydrogen-bond donors (Lipinski definition) is 4. The van der Waals surface area contributed by atoms with Crippen LogP contribution in [0.1, 0.15) is 0 Å². The van der Waals surface area contributed by atoms with Crippen molar-refractivity contribution in [3.63, 3.8) is 0 Å². The van der Waals surface area contributed by atoms with Crippen molar-refractivity contribution in [3.05, 3.63) is 0 Å². The largest absolute Gasteiger partial charge is 0.354 e. The Bertz CT molecular complexity index is 264. The maximum atomic E-state index is 10.9. The normalized spacial score (nSPS) is 13.8. The molecule has 78 valence electrons. The summed E-state index contributed by atoms with van der Waals surface area (Å²) in [6.45, 7) is -0.154. The fourth-order valence-corrected chi connectivity index (χ4v) is 1.04. The van der Waals surface area contributed by atoms with E-state index in [9.17, 15) is 13.2 Å². The molecule has 8 heteroatoms. The Kier molecular flexibility index (Phi) is 5.30. The quantitative estimate of drug-likeness (QED) is 0.329. The lowest BCUT2D eigenvalue weighted by Crippen LogP contribution is -2.43. The Morgan fingerprint density at radius 1 is 1.62 bits per heavy atom. The second-order valence-corrected chi connectivity index (χ2v) is 4.30. The molecule has 0 saturated heterocycles. The maximum Gasteiger partial charge on any atom is 0.266 e. The average molecular weight is 228 g/mol. The van der Waals surface area contributed by atoms with Crippen molar-refractivity contribution in [1.29, 1.82) is 0 Å². The number of hydrogen-bond acceptors (Lipinski definition) is 5. The fraction of sp³-hybridized carbons (Fsp3) is 0.800. The molecule has 6 nitrogen and oxygen atoms in total. The highest BCUT2D eigenvalue weighted by atomic mass is 32.2. The number of rotatable bonds is 5. The van der Waals surface area contributed by atoms with E-state index in [1.165, 1.54) is 0 Å². The smallest absolute Gasteiger partial charge is 0.266 e. The van der Waals surface area contributed by atoms with Crippen LogP contribution in [0, 0.1) is 0 Å². The minimum Gasteiger partial charge on any atom is -0.354 e. The number of thiol groups is 1. The molecule has 0 radical (unpaired) electrons. The summed E-state index contributed by atoms with van der Waals surface area (Å²) in [4.78, 5) is 10.9. The van der Waals surface area contributed by atoms with Gasteiger partial charge < -0.3 is 11.1 Å². The molecule has 0 fully saturated rings. The van der Waals surface area contributed by atoms with Crippen molar-refractivity contribution in [2.24, 2.45) is 5.73 Å². The molecule has 0 aromatic carbocycles. The van der Waals surface area contributed by atoms with Gasteiger partial charge in [-0.05, 0) is 0 Å². The van der Waals surface area contributed by atoms with Crippen molar-refractivity contribution in [2.75, 3.05) is 18.1 Å². The van der Waals surface area contributed by atoms with E-state index in [0.29, 0.717) is 0 Å². The Morgan fingerprint density at radius 3 is 2.54 bits per heavy atom. The fourth-order valence-electron chi connectivity index (χ4n) is 0.517. The van der Waals surface area contributed by atoms with Crippen molar-refractivity contribution in [1.82, 2.24) is 5.32 Å². The standard InChI is InChI=1S/C5H12N2O4S2/c6-4(3-12)5(8)7-1-2-13(9,10)11/h4,12H,1-3,6H2,(H,7,8)(H,9,10,11). The number of nitrogens with one attached hydrogen (secondary N) is 1. The van der Waals surface area contributed by atoms with Crippen LogP contribution in [0.2, 0.25) is 0 Å². The molecule has 0 aromatic rings. The van der Waals surface area contributed by atoms with Gasteiger partial charge in [0.1, 0.15) is 0 Å². The first kappa shape index (κ1) is 12.7. The molecule has 0 spiro atoms. The van der Waals surface area contributed by atoms with Gasteiger partial charge in [-0.1, -0.05) is 0 Å². The van der Waals surface area contributed by atoms with Crippen LogP contribution >= 0.6 is 12.6 Å². The van der Waals surface area contributed by atoms with Crippen molar-refractivity contribution < 1.29 is 17.8 Å². The minimum atomic E-state index is -4.03. The monoisotopic (exact) mass is 228 g/mol. The van der Waals surface area contributed by atoms with Crippen LogP contribution in [0.15, 0.2) is 0 Å². The number of carbonyl (C=O) groups is 1. The molecule has 0 aliphatic heterocycles. The summed E-state index contributed by atoms with van der Waals surface area (Å²) in [6, 6.07) is -0.760. The second-order valence-electron chi connectivity index (χ2n) is 2.37. The molecule has 1 amide bonds. The first-order valence-corrected chi connectivity index (χ1v) is 5.70. The minimum absolute atomic E-state index is 0.154. The molecule has 1 atom stereocenters. The van der Waals surface area contributed by atoms with Crippen molar-refractivity contribution in [2.45, 2.75) is 6.04 Å². The zero-order valence-electron chi connectivity index (χ0n) is 6.80. The first-order chi connectivity index (χ1) is 5.87. The third-order valence-corrected chi connectivity index (χ3v) is 2.31. The molecule has 0 aliphatic rings. The van der Waals surface area contributed by atoms with Crippen molar-refractivity contribution in [3.8, 4) is 0 Å². The van der Waals surface area contributed by atoms with E-state index in [4.69, 9.17) is 10.3 Å². The van der Waals surface area contributed by atoms with Crippen molar-refractivity contribution >= 4 is 28.7 Å². The van der Waals surface area contributed by atoms with Gasteiger partial charge in [-0.15, -0.1) is 0 Å².